The number of imidazole rings is 1. The average Bonchev–Trinajstić information content (AvgIpc) is 3.08. The summed E-state index contributed by atoms with van der Waals surface area (Å²) in [5.41, 5.74) is 2.69. The van der Waals surface area contributed by atoms with E-state index < -0.39 is 5.97 Å². The summed E-state index contributed by atoms with van der Waals surface area (Å²) in [4.78, 5) is 18.5. The first-order valence-corrected chi connectivity index (χ1v) is 7.54. The molecule has 0 aliphatic carbocycles. The van der Waals surface area contributed by atoms with E-state index in [1.165, 1.54) is 11.8 Å². The lowest BCUT2D eigenvalue weighted by molar-refractivity contribution is -0.133. The Balaban J connectivity index is 2.02. The number of rotatable bonds is 5. The number of nitrogens with one attached hydrogen (secondary N) is 1. The smallest absolute Gasteiger partial charge is 0.313 e. The number of hydrogen-bond acceptors (Lipinski definition) is 4. The summed E-state index contributed by atoms with van der Waals surface area (Å²) < 4.78 is 1.67. The third-order valence-electron chi connectivity index (χ3n) is 3.01. The summed E-state index contributed by atoms with van der Waals surface area (Å²) in [5, 5.41) is 14.1. The van der Waals surface area contributed by atoms with Crippen LogP contribution >= 0.6 is 11.8 Å². The van der Waals surface area contributed by atoms with Crippen LogP contribution in [0.5, 0.6) is 0 Å². The maximum atomic E-state index is 10.8. The van der Waals surface area contributed by atoms with Crippen molar-refractivity contribution in [3.05, 3.63) is 36.0 Å². The largest absolute Gasteiger partial charge is 0.481 e. The van der Waals surface area contributed by atoms with Crippen molar-refractivity contribution in [2.45, 2.75) is 18.4 Å². The predicted molar refractivity (Wildman–Crippen MR) is 81.0 cm³/mol. The lowest BCUT2D eigenvalue weighted by Gasteiger charge is -2.01. The molecule has 0 amide bonds. The topological polar surface area (TPSA) is 83.8 Å². The molecule has 108 valence electrons. The van der Waals surface area contributed by atoms with Crippen LogP contribution in [-0.4, -0.2) is 36.6 Å². The molecule has 21 heavy (non-hydrogen) atoms. The van der Waals surface area contributed by atoms with Crippen molar-refractivity contribution >= 4 is 28.8 Å². The number of carboxylic acid groups (broad SMARTS) is 1. The predicted octanol–water partition coefficient (Wildman–Crippen LogP) is 2.49. The van der Waals surface area contributed by atoms with Gasteiger partial charge in [-0.3, -0.25) is 4.79 Å². The van der Waals surface area contributed by atoms with Crippen molar-refractivity contribution in [2.75, 3.05) is 5.75 Å². The van der Waals surface area contributed by atoms with Gasteiger partial charge < -0.3 is 10.1 Å². The van der Waals surface area contributed by atoms with E-state index in [2.05, 4.69) is 15.1 Å². The first-order chi connectivity index (χ1) is 10.2. The van der Waals surface area contributed by atoms with Crippen LogP contribution in [0.1, 0.15) is 12.6 Å². The number of aliphatic carboxylic acids is 1. The molecule has 0 aliphatic heterocycles. The molecule has 0 unspecified atom stereocenters. The Labute approximate surface area is 125 Å². The molecule has 0 saturated carbocycles. The van der Waals surface area contributed by atoms with Crippen molar-refractivity contribution in [3.8, 4) is 5.95 Å². The summed E-state index contributed by atoms with van der Waals surface area (Å²) in [6.45, 7) is 2.01. The van der Waals surface area contributed by atoms with Gasteiger partial charge in [0, 0.05) is 0 Å². The zero-order valence-corrected chi connectivity index (χ0v) is 12.2. The van der Waals surface area contributed by atoms with Crippen LogP contribution in [-0.2, 0) is 11.2 Å². The summed E-state index contributed by atoms with van der Waals surface area (Å²) in [6, 6.07) is 9.63. The number of H-pyrrole nitrogens is 1. The van der Waals surface area contributed by atoms with Gasteiger partial charge in [-0.05, 0) is 24.6 Å². The average molecular weight is 302 g/mol. The van der Waals surface area contributed by atoms with Crippen LogP contribution in [0.2, 0.25) is 0 Å². The number of fused-ring (bicyclic) bond motifs is 1. The van der Waals surface area contributed by atoms with E-state index in [1.807, 2.05) is 37.3 Å². The molecule has 0 saturated heterocycles. The van der Waals surface area contributed by atoms with Crippen LogP contribution in [0.25, 0.3) is 17.0 Å². The Bertz CT molecular complexity index is 760. The third-order valence-corrected chi connectivity index (χ3v) is 3.99. The molecule has 2 heterocycles. The Hall–Kier alpha value is -2.28. The number of carboxylic acids is 1. The fourth-order valence-electron chi connectivity index (χ4n) is 2.01. The highest BCUT2D eigenvalue weighted by Gasteiger charge is 2.14. The summed E-state index contributed by atoms with van der Waals surface area (Å²) in [6.07, 6.45) is 0.786. The van der Waals surface area contributed by atoms with E-state index in [0.717, 1.165) is 28.2 Å². The van der Waals surface area contributed by atoms with Gasteiger partial charge in [-0.2, -0.15) is 9.78 Å². The number of hydrogen-bond donors (Lipinski definition) is 2. The van der Waals surface area contributed by atoms with Crippen LogP contribution in [0.3, 0.4) is 0 Å². The highest BCUT2D eigenvalue weighted by atomic mass is 32.2. The maximum absolute atomic E-state index is 10.8. The van der Waals surface area contributed by atoms with Crippen molar-refractivity contribution in [2.24, 2.45) is 0 Å². The van der Waals surface area contributed by atoms with Crippen LogP contribution < -0.4 is 0 Å². The Morgan fingerprint density at radius 2 is 2.24 bits per heavy atom. The summed E-state index contributed by atoms with van der Waals surface area (Å²) in [7, 11) is 0. The summed E-state index contributed by atoms with van der Waals surface area (Å²) in [5.74, 6) is -0.256. The number of nitrogens with zero attached hydrogens (tertiary/aromatic N) is 3. The van der Waals surface area contributed by atoms with Gasteiger partial charge in [0.25, 0.3) is 0 Å². The second-order valence-electron chi connectivity index (χ2n) is 4.50. The number of aromatic nitrogens is 4. The van der Waals surface area contributed by atoms with Crippen LogP contribution in [0.15, 0.2) is 35.4 Å². The highest BCUT2D eigenvalue weighted by Crippen LogP contribution is 2.23. The fraction of sp³-hybridized carbons (Fsp3) is 0.214. The number of carbonyl (C=O) groups is 1. The minimum absolute atomic E-state index is 0.00488. The maximum Gasteiger partial charge on any atom is 0.313 e. The second-order valence-corrected chi connectivity index (χ2v) is 5.49. The normalized spacial score (nSPS) is 11.1. The van der Waals surface area contributed by atoms with E-state index in [9.17, 15) is 4.79 Å². The molecule has 3 aromatic rings. The van der Waals surface area contributed by atoms with Gasteiger partial charge in [-0.25, -0.2) is 4.98 Å². The molecule has 0 radical (unpaired) electrons. The molecule has 1 aromatic carbocycles. The van der Waals surface area contributed by atoms with Crippen molar-refractivity contribution in [3.63, 3.8) is 0 Å². The first kappa shape index (κ1) is 13.7. The second kappa shape index (κ2) is 5.61. The zero-order chi connectivity index (χ0) is 14.8. The third kappa shape index (κ3) is 2.78. The number of benzene rings is 1. The van der Waals surface area contributed by atoms with Gasteiger partial charge in [0.2, 0.25) is 5.95 Å². The SMILES string of the molecule is CCc1cc(SCC(=O)O)n(-c2nc3ccccc3[nH]2)n1. The van der Waals surface area contributed by atoms with E-state index >= 15 is 0 Å². The molecule has 2 N–H and O–H groups in total. The van der Waals surface area contributed by atoms with E-state index in [4.69, 9.17) is 5.11 Å². The van der Waals surface area contributed by atoms with Gasteiger partial charge >= 0.3 is 5.97 Å². The Kier molecular flexibility index (Phi) is 3.66. The van der Waals surface area contributed by atoms with Crippen molar-refractivity contribution < 1.29 is 9.90 Å². The van der Waals surface area contributed by atoms with E-state index in [0.29, 0.717) is 5.95 Å². The van der Waals surface area contributed by atoms with Crippen molar-refractivity contribution in [1.82, 2.24) is 19.7 Å². The molecule has 0 fully saturated rings. The number of aromatic amines is 1. The lowest BCUT2D eigenvalue weighted by atomic mass is 10.3. The quantitative estimate of drug-likeness (QED) is 0.707. The van der Waals surface area contributed by atoms with Gasteiger partial charge in [0.15, 0.2) is 0 Å². The molecule has 0 atom stereocenters. The highest BCUT2D eigenvalue weighted by molar-refractivity contribution is 7.99. The molecule has 2 aromatic heterocycles. The molecule has 7 heteroatoms. The Morgan fingerprint density at radius 1 is 1.43 bits per heavy atom. The molecular weight excluding hydrogens is 288 g/mol. The molecule has 6 nitrogen and oxygen atoms in total. The van der Waals surface area contributed by atoms with Crippen LogP contribution in [0.4, 0.5) is 0 Å². The van der Waals surface area contributed by atoms with Gasteiger partial charge in [-0.1, -0.05) is 30.8 Å². The van der Waals surface area contributed by atoms with E-state index in [-0.39, 0.29) is 5.75 Å². The molecule has 0 bridgehead atoms. The first-order valence-electron chi connectivity index (χ1n) is 6.56. The zero-order valence-electron chi connectivity index (χ0n) is 11.4. The number of thioether (sulfide) groups is 1. The standard InChI is InChI=1S/C14H14N4O2S/c1-2-9-7-12(21-8-13(19)20)18(17-9)14-15-10-5-3-4-6-11(10)16-14/h3-7H,2,8H2,1H3,(H,15,16)(H,19,20). The molecular formula is C14H14N4O2S. The van der Waals surface area contributed by atoms with Crippen molar-refractivity contribution in [1.29, 1.82) is 0 Å². The fourth-order valence-corrected chi connectivity index (χ4v) is 2.75. The Morgan fingerprint density at radius 3 is 2.95 bits per heavy atom. The monoisotopic (exact) mass is 302 g/mol. The summed E-state index contributed by atoms with van der Waals surface area (Å²) >= 11 is 1.24. The molecule has 3 rings (SSSR count). The number of aryl methyl sites for hydroxylation is 1. The van der Waals surface area contributed by atoms with Gasteiger partial charge in [0.1, 0.15) is 5.03 Å². The minimum Gasteiger partial charge on any atom is -0.481 e. The molecule has 0 aliphatic rings. The minimum atomic E-state index is -0.851. The lowest BCUT2D eigenvalue weighted by Crippen LogP contribution is -2.03. The van der Waals surface area contributed by atoms with Gasteiger partial charge in [-0.15, -0.1) is 0 Å². The van der Waals surface area contributed by atoms with E-state index in [1.54, 1.807) is 4.68 Å². The number of para-hydroxylation sites is 2. The van der Waals surface area contributed by atoms with Crippen LogP contribution in [0, 0.1) is 0 Å². The van der Waals surface area contributed by atoms with Gasteiger partial charge in [0.05, 0.1) is 22.5 Å². The molecule has 0 spiro atoms.